The van der Waals surface area contributed by atoms with E-state index in [9.17, 15) is 8.60 Å². The minimum absolute atomic E-state index is 0.174. The Morgan fingerprint density at radius 2 is 1.97 bits per heavy atom. The van der Waals surface area contributed by atoms with Crippen LogP contribution in [0.1, 0.15) is 26.3 Å². The first-order chi connectivity index (χ1) is 14.1. The molecule has 7 nitrogen and oxygen atoms in total. The van der Waals surface area contributed by atoms with Crippen molar-refractivity contribution in [2.45, 2.75) is 31.1 Å². The lowest BCUT2D eigenvalue weighted by Crippen LogP contribution is -2.52. The summed E-state index contributed by atoms with van der Waals surface area (Å²) in [7, 11) is -1.30. The van der Waals surface area contributed by atoms with Gasteiger partial charge >= 0.3 is 0 Å². The fraction of sp³-hybridized carbons (Fsp3) is 0.300. The Labute approximate surface area is 184 Å². The van der Waals surface area contributed by atoms with E-state index in [-0.39, 0.29) is 11.6 Å². The third kappa shape index (κ3) is 3.58. The van der Waals surface area contributed by atoms with Gasteiger partial charge in [-0.1, -0.05) is 0 Å². The van der Waals surface area contributed by atoms with Gasteiger partial charge in [-0.2, -0.15) is 0 Å². The number of hydrogen-bond donors (Lipinski definition) is 2. The maximum absolute atomic E-state index is 14.8. The zero-order valence-corrected chi connectivity index (χ0v) is 19.0. The standard InChI is InChI=1S/C20H20BrFN6OS/c1-19(2)18(23)28-20(3,9-30(19)29)13-7-12(4-5-14(13)22)27-17-16-15(25-10-26-17)6-11(21)8-24-16/h4-8,10H,9H2,1-3H3,(H2,23,28)(H,25,26,27)/t20-,30+/m0/s1. The number of nitrogens with zero attached hydrogens (tertiary/aromatic N) is 4. The second-order valence-corrected chi connectivity index (χ2v) is 10.8. The molecule has 4 rings (SSSR count). The molecule has 0 aliphatic carbocycles. The zero-order valence-electron chi connectivity index (χ0n) is 16.6. The molecule has 2 atom stereocenters. The molecule has 3 N–H and O–H groups in total. The van der Waals surface area contributed by atoms with Crippen LogP contribution in [0, 0.1) is 5.82 Å². The van der Waals surface area contributed by atoms with Gasteiger partial charge in [-0.25, -0.2) is 19.3 Å². The van der Waals surface area contributed by atoms with Gasteiger partial charge in [-0.15, -0.1) is 0 Å². The Kier molecular flexibility index (Phi) is 5.09. The monoisotopic (exact) mass is 490 g/mol. The first kappa shape index (κ1) is 20.8. The van der Waals surface area contributed by atoms with Crippen molar-refractivity contribution in [2.24, 2.45) is 10.7 Å². The number of amidine groups is 1. The van der Waals surface area contributed by atoms with E-state index in [0.29, 0.717) is 28.1 Å². The normalized spacial score (nSPS) is 23.2. The van der Waals surface area contributed by atoms with E-state index in [1.165, 1.54) is 12.4 Å². The van der Waals surface area contributed by atoms with Crippen LogP contribution in [-0.2, 0) is 16.3 Å². The van der Waals surface area contributed by atoms with Gasteiger partial charge in [0.05, 0.1) is 21.6 Å². The third-order valence-corrected chi connectivity index (χ3v) is 7.82. The van der Waals surface area contributed by atoms with E-state index in [1.54, 1.807) is 39.1 Å². The Morgan fingerprint density at radius 1 is 1.20 bits per heavy atom. The van der Waals surface area contributed by atoms with E-state index < -0.39 is 26.9 Å². The Hall–Kier alpha value is -2.46. The summed E-state index contributed by atoms with van der Waals surface area (Å²) in [4.78, 5) is 17.4. The highest BCUT2D eigenvalue weighted by molar-refractivity contribution is 9.10. The number of benzene rings is 1. The number of fused-ring (bicyclic) bond motifs is 1. The summed E-state index contributed by atoms with van der Waals surface area (Å²) in [5, 5.41) is 3.18. The van der Waals surface area contributed by atoms with Crippen molar-refractivity contribution in [3.63, 3.8) is 0 Å². The van der Waals surface area contributed by atoms with E-state index in [2.05, 4.69) is 41.2 Å². The Balaban J connectivity index is 1.75. The quantitative estimate of drug-likeness (QED) is 0.578. The predicted molar refractivity (Wildman–Crippen MR) is 121 cm³/mol. The molecule has 10 heteroatoms. The number of aromatic nitrogens is 3. The summed E-state index contributed by atoms with van der Waals surface area (Å²) < 4.78 is 27.6. The molecular formula is C20H20BrFN6OS. The van der Waals surface area contributed by atoms with Crippen LogP contribution in [0.2, 0.25) is 0 Å². The van der Waals surface area contributed by atoms with Crippen LogP contribution in [0.5, 0.6) is 0 Å². The van der Waals surface area contributed by atoms with Gasteiger partial charge < -0.3 is 11.1 Å². The average molecular weight is 491 g/mol. The molecule has 3 heterocycles. The van der Waals surface area contributed by atoms with Crippen LogP contribution in [-0.4, -0.2) is 35.5 Å². The average Bonchev–Trinajstić information content (AvgIpc) is 2.68. The van der Waals surface area contributed by atoms with Crippen LogP contribution >= 0.6 is 15.9 Å². The summed E-state index contributed by atoms with van der Waals surface area (Å²) in [6.45, 7) is 5.30. The molecule has 0 saturated heterocycles. The summed E-state index contributed by atoms with van der Waals surface area (Å²) in [6.07, 6.45) is 3.09. The topological polar surface area (TPSA) is 106 Å². The first-order valence-corrected chi connectivity index (χ1v) is 11.3. The van der Waals surface area contributed by atoms with E-state index in [4.69, 9.17) is 5.73 Å². The molecule has 0 unspecified atom stereocenters. The van der Waals surface area contributed by atoms with Gasteiger partial charge in [0, 0.05) is 32.7 Å². The van der Waals surface area contributed by atoms with Crippen molar-refractivity contribution < 1.29 is 8.60 Å². The minimum Gasteiger partial charge on any atom is -0.386 e. The fourth-order valence-electron chi connectivity index (χ4n) is 3.29. The molecule has 2 aromatic heterocycles. The van der Waals surface area contributed by atoms with Crippen LogP contribution in [0.3, 0.4) is 0 Å². The van der Waals surface area contributed by atoms with Crippen molar-refractivity contribution >= 4 is 55.1 Å². The molecular weight excluding hydrogens is 471 g/mol. The Morgan fingerprint density at radius 3 is 2.70 bits per heavy atom. The molecule has 0 saturated carbocycles. The highest BCUT2D eigenvalue weighted by Gasteiger charge is 2.44. The molecule has 0 radical (unpaired) electrons. The molecule has 0 fully saturated rings. The first-order valence-electron chi connectivity index (χ1n) is 9.18. The van der Waals surface area contributed by atoms with Crippen LogP contribution < -0.4 is 11.1 Å². The van der Waals surface area contributed by atoms with Gasteiger partial charge in [-0.3, -0.25) is 9.20 Å². The molecule has 30 heavy (non-hydrogen) atoms. The maximum Gasteiger partial charge on any atom is 0.160 e. The molecule has 0 bridgehead atoms. The molecule has 0 amide bonds. The number of rotatable bonds is 3. The molecule has 3 aromatic rings. The van der Waals surface area contributed by atoms with E-state index >= 15 is 0 Å². The summed E-state index contributed by atoms with van der Waals surface area (Å²) in [6, 6.07) is 6.44. The number of hydrogen-bond acceptors (Lipinski definition) is 7. The van der Waals surface area contributed by atoms with Crippen molar-refractivity contribution in [1.82, 2.24) is 15.0 Å². The summed E-state index contributed by atoms with van der Waals surface area (Å²) in [5.41, 5.74) is 7.21. The summed E-state index contributed by atoms with van der Waals surface area (Å²) >= 11 is 3.38. The fourth-order valence-corrected chi connectivity index (χ4v) is 4.98. The van der Waals surface area contributed by atoms with E-state index in [0.717, 1.165) is 4.47 Å². The van der Waals surface area contributed by atoms with Gasteiger partial charge in [0.1, 0.15) is 23.5 Å². The summed E-state index contributed by atoms with van der Waals surface area (Å²) in [5.74, 6) is 0.481. The molecule has 0 spiro atoms. The SMILES string of the molecule is CC1(C)C(N)=N[C@](C)(c2cc(Nc3ncnc4cc(Br)cnc34)ccc2F)C[S@]1=O. The highest BCUT2D eigenvalue weighted by Crippen LogP contribution is 2.37. The molecule has 1 aliphatic rings. The zero-order chi connectivity index (χ0) is 21.7. The van der Waals surface area contributed by atoms with Crippen LogP contribution in [0.25, 0.3) is 11.0 Å². The number of pyridine rings is 1. The minimum atomic E-state index is -1.30. The van der Waals surface area contributed by atoms with Gasteiger partial charge in [-0.05, 0) is 61.0 Å². The molecule has 1 aromatic carbocycles. The lowest BCUT2D eigenvalue weighted by molar-refractivity contribution is 0.494. The second-order valence-electron chi connectivity index (χ2n) is 7.83. The van der Waals surface area contributed by atoms with Gasteiger partial charge in [0.15, 0.2) is 5.82 Å². The van der Waals surface area contributed by atoms with Gasteiger partial charge in [0.25, 0.3) is 0 Å². The lowest BCUT2D eigenvalue weighted by atomic mass is 9.92. The smallest absolute Gasteiger partial charge is 0.160 e. The molecule has 1 aliphatic heterocycles. The lowest BCUT2D eigenvalue weighted by Gasteiger charge is -2.37. The van der Waals surface area contributed by atoms with Crippen LogP contribution in [0.15, 0.2) is 46.3 Å². The van der Waals surface area contributed by atoms with Crippen LogP contribution in [0.4, 0.5) is 15.9 Å². The molecule has 156 valence electrons. The maximum atomic E-state index is 14.8. The number of halogens is 2. The largest absolute Gasteiger partial charge is 0.386 e. The van der Waals surface area contributed by atoms with Crippen molar-refractivity contribution in [3.05, 3.63) is 52.6 Å². The Bertz CT molecular complexity index is 1220. The predicted octanol–water partition coefficient (Wildman–Crippen LogP) is 3.78. The number of nitrogens with one attached hydrogen (secondary N) is 1. The van der Waals surface area contributed by atoms with Gasteiger partial charge in [0.2, 0.25) is 0 Å². The van der Waals surface area contributed by atoms with Crippen molar-refractivity contribution in [1.29, 1.82) is 0 Å². The second kappa shape index (κ2) is 7.35. The number of anilines is 2. The van der Waals surface area contributed by atoms with E-state index in [1.807, 2.05) is 6.07 Å². The number of nitrogens with two attached hydrogens (primary N) is 1. The third-order valence-electron chi connectivity index (χ3n) is 5.22. The highest BCUT2D eigenvalue weighted by atomic mass is 79.9. The number of aliphatic imine (C=N–C) groups is 1. The van der Waals surface area contributed by atoms with Crippen molar-refractivity contribution in [2.75, 3.05) is 11.1 Å². The van der Waals surface area contributed by atoms with Crippen molar-refractivity contribution in [3.8, 4) is 0 Å².